The number of esters is 2. The first kappa shape index (κ1) is 36.7. The molecule has 0 aromatic heterocycles. The van der Waals surface area contributed by atoms with Crippen molar-refractivity contribution in [3.05, 3.63) is 57.6 Å². The number of rotatable bonds is 14. The van der Waals surface area contributed by atoms with Gasteiger partial charge >= 0.3 is 11.9 Å². The van der Waals surface area contributed by atoms with Crippen LogP contribution in [0.15, 0.2) is 24.3 Å². The van der Waals surface area contributed by atoms with Gasteiger partial charge in [-0.1, -0.05) is 38.1 Å². The molecule has 2 heterocycles. The monoisotopic (exact) mass is 656 g/mol. The first-order valence-electron chi connectivity index (χ1n) is 16.7. The Bertz CT molecular complexity index is 1220. The van der Waals surface area contributed by atoms with Gasteiger partial charge in [0.1, 0.15) is 24.7 Å². The van der Waals surface area contributed by atoms with Gasteiger partial charge in [0.2, 0.25) is 0 Å². The number of carbonyl (C=O) groups excluding carboxylic acids is 2. The van der Waals surface area contributed by atoms with Gasteiger partial charge in [-0.25, -0.2) is 0 Å². The van der Waals surface area contributed by atoms with Crippen LogP contribution >= 0.6 is 0 Å². The molecule has 2 aromatic rings. The fourth-order valence-electron chi connectivity index (χ4n) is 5.95. The van der Waals surface area contributed by atoms with Crippen LogP contribution in [0.3, 0.4) is 0 Å². The number of carbonyl (C=O) groups is 2. The lowest BCUT2D eigenvalue weighted by molar-refractivity contribution is -0.291. The molecule has 2 N–H and O–H groups in total. The van der Waals surface area contributed by atoms with E-state index in [2.05, 4.69) is 0 Å². The van der Waals surface area contributed by atoms with Gasteiger partial charge in [-0.2, -0.15) is 0 Å². The zero-order valence-electron chi connectivity index (χ0n) is 28.8. The summed E-state index contributed by atoms with van der Waals surface area (Å²) >= 11 is 0. The first-order valence-corrected chi connectivity index (χ1v) is 16.7. The molecule has 0 atom stereocenters. The second-order valence-corrected chi connectivity index (χ2v) is 13.5. The van der Waals surface area contributed by atoms with E-state index in [1.54, 1.807) is 0 Å². The molecule has 0 radical (unpaired) electrons. The van der Waals surface area contributed by atoms with E-state index in [0.717, 1.165) is 46.2 Å². The summed E-state index contributed by atoms with van der Waals surface area (Å²) in [6.45, 7) is 13.4. The second-order valence-electron chi connectivity index (χ2n) is 13.5. The Morgan fingerprint density at radius 2 is 0.979 bits per heavy atom. The number of phenolic OH excluding ortho intramolecular Hbond substituents is 2. The van der Waals surface area contributed by atoms with Gasteiger partial charge in [-0.15, -0.1) is 0 Å². The zero-order valence-corrected chi connectivity index (χ0v) is 28.8. The van der Waals surface area contributed by atoms with Gasteiger partial charge in [0, 0.05) is 19.3 Å². The minimum atomic E-state index is -0.504. The molecule has 4 rings (SSSR count). The van der Waals surface area contributed by atoms with Crippen molar-refractivity contribution in [2.24, 2.45) is 10.8 Å². The van der Waals surface area contributed by atoms with Gasteiger partial charge in [0.05, 0.1) is 37.3 Å². The molecule has 0 bridgehead atoms. The number of phenols is 2. The molecule has 0 saturated carbocycles. The third-order valence-electron chi connectivity index (χ3n) is 9.60. The molecule has 47 heavy (non-hydrogen) atoms. The Balaban J connectivity index is 1.15. The average Bonchev–Trinajstić information content (AvgIpc) is 3.07. The minimum absolute atomic E-state index is 0.213. The van der Waals surface area contributed by atoms with E-state index in [9.17, 15) is 19.8 Å². The highest BCUT2D eigenvalue weighted by Crippen LogP contribution is 2.34. The molecule has 2 aliphatic rings. The number of hydrogen-bond acceptors (Lipinski definition) is 10. The molecule has 0 unspecified atom stereocenters. The summed E-state index contributed by atoms with van der Waals surface area (Å²) in [5, 5.41) is 20.0. The van der Waals surface area contributed by atoms with E-state index in [0.29, 0.717) is 45.7 Å². The Hall–Kier alpha value is -3.18. The first-order chi connectivity index (χ1) is 22.4. The fraction of sp³-hybridized carbons (Fsp3) is 0.622. The van der Waals surface area contributed by atoms with Crippen molar-refractivity contribution in [3.63, 3.8) is 0 Å². The molecule has 2 fully saturated rings. The summed E-state index contributed by atoms with van der Waals surface area (Å²) in [5.41, 5.74) is 4.31. The van der Waals surface area contributed by atoms with Crippen molar-refractivity contribution in [1.29, 1.82) is 0 Å². The summed E-state index contributed by atoms with van der Waals surface area (Å²) in [5.74, 6) is 0.0186. The van der Waals surface area contributed by atoms with Crippen LogP contribution in [0.2, 0.25) is 0 Å². The topological polar surface area (TPSA) is 130 Å². The Morgan fingerprint density at radius 3 is 1.28 bits per heavy atom. The van der Waals surface area contributed by atoms with E-state index in [-0.39, 0.29) is 49.5 Å². The number of benzene rings is 2. The van der Waals surface area contributed by atoms with Crippen LogP contribution in [0, 0.1) is 38.5 Å². The normalized spacial score (nSPS) is 24.6. The van der Waals surface area contributed by atoms with Crippen molar-refractivity contribution in [2.45, 2.75) is 99.1 Å². The highest BCUT2D eigenvalue weighted by molar-refractivity contribution is 5.70. The molecule has 0 amide bonds. The highest BCUT2D eigenvalue weighted by Gasteiger charge is 2.41. The number of hydrogen-bond donors (Lipinski definition) is 2. The second kappa shape index (κ2) is 16.3. The Morgan fingerprint density at radius 1 is 0.660 bits per heavy atom. The van der Waals surface area contributed by atoms with Crippen LogP contribution in [-0.2, 0) is 50.9 Å². The van der Waals surface area contributed by atoms with Crippen LogP contribution in [0.25, 0.3) is 0 Å². The lowest BCUT2D eigenvalue weighted by Crippen LogP contribution is -2.48. The fourth-order valence-corrected chi connectivity index (χ4v) is 5.95. The van der Waals surface area contributed by atoms with Crippen LogP contribution in [-0.4, -0.2) is 74.4 Å². The number of ether oxygens (including phenoxy) is 6. The maximum absolute atomic E-state index is 12.5. The van der Waals surface area contributed by atoms with E-state index in [1.165, 1.54) is 0 Å². The Labute approximate surface area is 278 Å². The van der Waals surface area contributed by atoms with Crippen molar-refractivity contribution >= 4 is 11.9 Å². The van der Waals surface area contributed by atoms with Crippen molar-refractivity contribution in [1.82, 2.24) is 0 Å². The summed E-state index contributed by atoms with van der Waals surface area (Å²) in [6, 6.07) is 7.58. The molecule has 2 saturated heterocycles. The van der Waals surface area contributed by atoms with Gasteiger partial charge in [-0.05, 0) is 86.8 Å². The molecule has 10 nitrogen and oxygen atoms in total. The summed E-state index contributed by atoms with van der Waals surface area (Å²) in [7, 11) is 0. The van der Waals surface area contributed by atoms with Crippen molar-refractivity contribution in [2.75, 3.05) is 39.6 Å². The van der Waals surface area contributed by atoms with Gasteiger partial charge in [0.15, 0.2) is 12.6 Å². The van der Waals surface area contributed by atoms with Crippen LogP contribution in [0.4, 0.5) is 0 Å². The lowest BCUT2D eigenvalue weighted by Gasteiger charge is -2.42. The lowest BCUT2D eigenvalue weighted by atomic mass is 9.87. The molecular weight excluding hydrogens is 604 g/mol. The van der Waals surface area contributed by atoms with Gasteiger partial charge in [0.25, 0.3) is 0 Å². The summed E-state index contributed by atoms with van der Waals surface area (Å²) in [6.07, 6.45) is 2.43. The summed E-state index contributed by atoms with van der Waals surface area (Å²) < 4.78 is 35.5. The van der Waals surface area contributed by atoms with E-state index >= 15 is 0 Å². The van der Waals surface area contributed by atoms with Crippen molar-refractivity contribution in [3.8, 4) is 11.5 Å². The molecule has 2 aliphatic heterocycles. The van der Waals surface area contributed by atoms with Crippen LogP contribution < -0.4 is 0 Å². The average molecular weight is 657 g/mol. The molecular formula is C37H52O10. The standard InChI is InChI=1S/C37H52O10/c1-7-36(18-42-30(38)11-9-28-13-24(3)34(40)25(4)14-28)20-44-32(45-21-36)17-33-46-22-37(8-2,23-47-33)19-43-31(39)12-10-29-15-26(5)35(41)27(6)16-29/h13-16,32-33,40-41H,7-12,17-23H2,1-6H3. The SMILES string of the molecule is CCC1(COC(=O)CCc2cc(C)c(O)c(C)c2)COC(CC2OCC(CC)(COC(=O)CCc3cc(C)c(O)c(C)c3)CO2)OC1. The zero-order chi connectivity index (χ0) is 34.2. The predicted octanol–water partition coefficient (Wildman–Crippen LogP) is 5.91. The third-order valence-corrected chi connectivity index (χ3v) is 9.60. The maximum Gasteiger partial charge on any atom is 0.306 e. The number of aryl methyl sites for hydroxylation is 6. The molecule has 0 spiro atoms. The van der Waals surface area contributed by atoms with E-state index in [4.69, 9.17) is 28.4 Å². The largest absolute Gasteiger partial charge is 0.507 e. The van der Waals surface area contributed by atoms with E-state index in [1.807, 2.05) is 65.8 Å². The molecule has 260 valence electrons. The summed E-state index contributed by atoms with van der Waals surface area (Å²) in [4.78, 5) is 25.1. The van der Waals surface area contributed by atoms with Gasteiger partial charge < -0.3 is 38.6 Å². The maximum atomic E-state index is 12.5. The number of aromatic hydroxyl groups is 2. The Kier molecular flexibility index (Phi) is 12.7. The molecule has 2 aromatic carbocycles. The van der Waals surface area contributed by atoms with Crippen LogP contribution in [0.1, 0.15) is 79.3 Å². The van der Waals surface area contributed by atoms with Crippen molar-refractivity contribution < 1.29 is 48.2 Å². The highest BCUT2D eigenvalue weighted by atomic mass is 16.7. The molecule has 0 aliphatic carbocycles. The third kappa shape index (κ3) is 9.92. The quantitative estimate of drug-likeness (QED) is 0.237. The van der Waals surface area contributed by atoms with Crippen LogP contribution in [0.5, 0.6) is 11.5 Å². The minimum Gasteiger partial charge on any atom is -0.507 e. The van der Waals surface area contributed by atoms with E-state index < -0.39 is 23.4 Å². The molecule has 10 heteroatoms. The smallest absolute Gasteiger partial charge is 0.306 e. The predicted molar refractivity (Wildman–Crippen MR) is 175 cm³/mol. The van der Waals surface area contributed by atoms with Gasteiger partial charge in [-0.3, -0.25) is 9.59 Å².